The van der Waals surface area contributed by atoms with Gasteiger partial charge in [0.05, 0.1) is 0 Å². The van der Waals surface area contributed by atoms with E-state index in [1.165, 1.54) is 38.5 Å². The molecule has 0 aromatic heterocycles. The summed E-state index contributed by atoms with van der Waals surface area (Å²) in [7, 11) is 0. The summed E-state index contributed by atoms with van der Waals surface area (Å²) in [5, 5.41) is 0. The van der Waals surface area contributed by atoms with Crippen LogP contribution in [0.3, 0.4) is 0 Å². The van der Waals surface area contributed by atoms with Gasteiger partial charge in [0, 0.05) is 26.2 Å². The molecule has 2 fully saturated rings. The highest BCUT2D eigenvalue weighted by molar-refractivity contribution is 5.74. The van der Waals surface area contributed by atoms with Gasteiger partial charge in [0.1, 0.15) is 0 Å². The number of rotatable bonds is 2. The van der Waals surface area contributed by atoms with Crippen molar-refractivity contribution in [2.24, 2.45) is 5.92 Å². The first kappa shape index (κ1) is 11.7. The van der Waals surface area contributed by atoms with Crippen LogP contribution in [0.4, 0.5) is 4.79 Å². The number of likely N-dealkylation sites (tertiary alicyclic amines) is 2. The van der Waals surface area contributed by atoms with Gasteiger partial charge in [-0.2, -0.15) is 0 Å². The zero-order valence-corrected chi connectivity index (χ0v) is 10.5. The Bertz CT molecular complexity index is 234. The number of piperidine rings is 1. The van der Waals surface area contributed by atoms with Gasteiger partial charge >= 0.3 is 6.03 Å². The van der Waals surface area contributed by atoms with Crippen molar-refractivity contribution in [1.29, 1.82) is 0 Å². The maximum Gasteiger partial charge on any atom is 0.320 e. The van der Waals surface area contributed by atoms with Crippen molar-refractivity contribution in [2.75, 3.05) is 26.2 Å². The van der Waals surface area contributed by atoms with Crippen molar-refractivity contribution < 1.29 is 4.79 Å². The molecule has 0 aromatic carbocycles. The molecule has 0 saturated carbocycles. The van der Waals surface area contributed by atoms with Crippen molar-refractivity contribution >= 4 is 6.03 Å². The zero-order chi connectivity index (χ0) is 11.4. The molecule has 1 unspecified atom stereocenters. The summed E-state index contributed by atoms with van der Waals surface area (Å²) in [6.07, 6.45) is 7.43. The quantitative estimate of drug-likeness (QED) is 0.707. The van der Waals surface area contributed by atoms with Crippen LogP contribution in [-0.2, 0) is 0 Å². The van der Waals surface area contributed by atoms with Crippen molar-refractivity contribution in [1.82, 2.24) is 9.80 Å². The molecule has 2 aliphatic heterocycles. The van der Waals surface area contributed by atoms with Crippen LogP contribution in [-0.4, -0.2) is 42.0 Å². The molecule has 2 saturated heterocycles. The Labute approximate surface area is 98.8 Å². The third kappa shape index (κ3) is 2.69. The van der Waals surface area contributed by atoms with Gasteiger partial charge in [-0.25, -0.2) is 4.79 Å². The predicted octanol–water partition coefficient (Wildman–Crippen LogP) is 2.71. The Kier molecular flexibility index (Phi) is 4.08. The van der Waals surface area contributed by atoms with Crippen LogP contribution in [0.1, 0.15) is 45.4 Å². The highest BCUT2D eigenvalue weighted by Gasteiger charge is 2.27. The normalized spacial score (nSPS) is 26.2. The van der Waals surface area contributed by atoms with E-state index >= 15 is 0 Å². The summed E-state index contributed by atoms with van der Waals surface area (Å²) in [5.41, 5.74) is 0. The van der Waals surface area contributed by atoms with Crippen LogP contribution >= 0.6 is 0 Å². The lowest BCUT2D eigenvalue weighted by Gasteiger charge is -2.35. The number of carbonyl (C=O) groups excluding carboxylic acids is 1. The summed E-state index contributed by atoms with van der Waals surface area (Å²) in [6.45, 7) is 6.18. The monoisotopic (exact) mass is 224 g/mol. The standard InChI is InChI=1S/C13H24N2O/c1-2-6-12-7-5-10-15(11-12)13(16)14-8-3-4-9-14/h12H,2-11H2,1H3. The van der Waals surface area contributed by atoms with Gasteiger partial charge in [-0.3, -0.25) is 0 Å². The summed E-state index contributed by atoms with van der Waals surface area (Å²) >= 11 is 0. The molecular formula is C13H24N2O. The van der Waals surface area contributed by atoms with Crippen molar-refractivity contribution in [3.05, 3.63) is 0 Å². The Hall–Kier alpha value is -0.730. The molecule has 2 heterocycles. The van der Waals surface area contributed by atoms with Gasteiger partial charge < -0.3 is 9.80 Å². The molecular weight excluding hydrogens is 200 g/mol. The maximum absolute atomic E-state index is 12.2. The second-order valence-corrected chi connectivity index (χ2v) is 5.22. The average Bonchev–Trinajstić information content (AvgIpc) is 2.82. The molecule has 0 spiro atoms. The minimum Gasteiger partial charge on any atom is -0.325 e. The van der Waals surface area contributed by atoms with E-state index in [9.17, 15) is 4.79 Å². The number of hydrogen-bond donors (Lipinski definition) is 0. The van der Waals surface area contributed by atoms with E-state index in [0.717, 1.165) is 32.1 Å². The van der Waals surface area contributed by atoms with Gasteiger partial charge in [0.15, 0.2) is 0 Å². The van der Waals surface area contributed by atoms with E-state index in [1.54, 1.807) is 0 Å². The van der Waals surface area contributed by atoms with Crippen molar-refractivity contribution in [3.63, 3.8) is 0 Å². The molecule has 3 nitrogen and oxygen atoms in total. The van der Waals surface area contributed by atoms with Crippen LogP contribution in [0.15, 0.2) is 0 Å². The first-order valence-corrected chi connectivity index (χ1v) is 6.85. The Morgan fingerprint density at radius 2 is 1.81 bits per heavy atom. The van der Waals surface area contributed by atoms with E-state index in [2.05, 4.69) is 11.8 Å². The summed E-state index contributed by atoms with van der Waals surface area (Å²) < 4.78 is 0. The van der Waals surface area contributed by atoms with E-state index in [-0.39, 0.29) is 0 Å². The van der Waals surface area contributed by atoms with Crippen molar-refractivity contribution in [2.45, 2.75) is 45.4 Å². The van der Waals surface area contributed by atoms with Crippen LogP contribution in [0.5, 0.6) is 0 Å². The Balaban J connectivity index is 1.85. The largest absolute Gasteiger partial charge is 0.325 e. The molecule has 0 aliphatic carbocycles. The molecule has 0 N–H and O–H groups in total. The smallest absolute Gasteiger partial charge is 0.320 e. The van der Waals surface area contributed by atoms with Gasteiger partial charge in [-0.1, -0.05) is 13.3 Å². The molecule has 2 amide bonds. The molecule has 0 radical (unpaired) electrons. The number of nitrogens with zero attached hydrogens (tertiary/aromatic N) is 2. The van der Waals surface area contributed by atoms with Crippen LogP contribution < -0.4 is 0 Å². The maximum atomic E-state index is 12.2. The number of carbonyl (C=O) groups is 1. The van der Waals surface area contributed by atoms with Crippen molar-refractivity contribution in [3.8, 4) is 0 Å². The van der Waals surface area contributed by atoms with Gasteiger partial charge in [-0.15, -0.1) is 0 Å². The number of urea groups is 1. The highest BCUT2D eigenvalue weighted by atomic mass is 16.2. The molecule has 2 aliphatic rings. The topological polar surface area (TPSA) is 23.6 Å². The summed E-state index contributed by atoms with van der Waals surface area (Å²) in [5.74, 6) is 0.755. The lowest BCUT2D eigenvalue weighted by Crippen LogP contribution is -2.46. The third-order valence-electron chi connectivity index (χ3n) is 3.86. The van der Waals surface area contributed by atoms with Gasteiger partial charge in [-0.05, 0) is 38.0 Å². The Morgan fingerprint density at radius 1 is 1.12 bits per heavy atom. The van der Waals surface area contributed by atoms with E-state index < -0.39 is 0 Å². The third-order valence-corrected chi connectivity index (χ3v) is 3.86. The first-order valence-electron chi connectivity index (χ1n) is 6.85. The number of amides is 2. The van der Waals surface area contributed by atoms with Crippen LogP contribution in [0.25, 0.3) is 0 Å². The molecule has 2 rings (SSSR count). The summed E-state index contributed by atoms with van der Waals surface area (Å²) in [4.78, 5) is 16.3. The number of hydrogen-bond acceptors (Lipinski definition) is 1. The minimum atomic E-state index is 0.304. The van der Waals surface area contributed by atoms with E-state index in [0.29, 0.717) is 6.03 Å². The molecule has 92 valence electrons. The fraction of sp³-hybridized carbons (Fsp3) is 0.923. The van der Waals surface area contributed by atoms with Gasteiger partial charge in [0.2, 0.25) is 0 Å². The fourth-order valence-corrected chi connectivity index (χ4v) is 2.99. The lowest BCUT2D eigenvalue weighted by molar-refractivity contribution is 0.133. The molecule has 16 heavy (non-hydrogen) atoms. The Morgan fingerprint density at radius 3 is 2.50 bits per heavy atom. The van der Waals surface area contributed by atoms with E-state index in [1.807, 2.05) is 4.90 Å². The lowest BCUT2D eigenvalue weighted by atomic mass is 9.94. The molecule has 1 atom stereocenters. The second kappa shape index (κ2) is 5.55. The minimum absolute atomic E-state index is 0.304. The zero-order valence-electron chi connectivity index (χ0n) is 10.5. The average molecular weight is 224 g/mol. The molecule has 0 bridgehead atoms. The molecule has 0 aromatic rings. The highest BCUT2D eigenvalue weighted by Crippen LogP contribution is 2.22. The molecule has 3 heteroatoms. The second-order valence-electron chi connectivity index (χ2n) is 5.22. The van der Waals surface area contributed by atoms with Crippen LogP contribution in [0.2, 0.25) is 0 Å². The fourth-order valence-electron chi connectivity index (χ4n) is 2.99. The van der Waals surface area contributed by atoms with Gasteiger partial charge in [0.25, 0.3) is 0 Å². The SMILES string of the molecule is CCCC1CCCN(C(=O)N2CCCC2)C1. The first-order chi connectivity index (χ1) is 7.81. The van der Waals surface area contributed by atoms with E-state index in [4.69, 9.17) is 0 Å². The summed E-state index contributed by atoms with van der Waals surface area (Å²) in [6, 6.07) is 0.304. The van der Waals surface area contributed by atoms with Crippen LogP contribution in [0, 0.1) is 5.92 Å². The predicted molar refractivity (Wildman–Crippen MR) is 65.4 cm³/mol.